The van der Waals surface area contributed by atoms with Gasteiger partial charge in [0.1, 0.15) is 11.5 Å². The topological polar surface area (TPSA) is 128 Å². The van der Waals surface area contributed by atoms with Crippen LogP contribution in [-0.2, 0) is 6.42 Å². The van der Waals surface area contributed by atoms with E-state index in [1.807, 2.05) is 26.0 Å². The average Bonchev–Trinajstić information content (AvgIpc) is 2.97. The van der Waals surface area contributed by atoms with Crippen molar-refractivity contribution in [2.24, 2.45) is 27.1 Å². The zero-order chi connectivity index (χ0) is 21.2. The Kier molecular flexibility index (Phi) is 5.63. The molecule has 1 aliphatic carbocycles. The van der Waals surface area contributed by atoms with Gasteiger partial charge in [-0.2, -0.15) is 5.10 Å². The number of rotatable bonds is 5. The van der Waals surface area contributed by atoms with E-state index < -0.39 is 0 Å². The van der Waals surface area contributed by atoms with Crippen molar-refractivity contribution in [3.8, 4) is 5.75 Å². The number of anilines is 1. The Labute approximate surface area is 170 Å². The first kappa shape index (κ1) is 20.4. The van der Waals surface area contributed by atoms with E-state index >= 15 is 0 Å². The third-order valence-corrected chi connectivity index (χ3v) is 4.71. The molecule has 0 saturated heterocycles. The number of fused-ring (bicyclic) bond motifs is 1. The summed E-state index contributed by atoms with van der Waals surface area (Å²) in [5.41, 5.74) is 13.7. The number of nitrogens with one attached hydrogen (secondary N) is 1. The van der Waals surface area contributed by atoms with Gasteiger partial charge in [-0.15, -0.1) is 5.10 Å². The van der Waals surface area contributed by atoms with Crippen LogP contribution in [0.5, 0.6) is 5.75 Å². The first-order chi connectivity index (χ1) is 13.7. The minimum Gasteiger partial charge on any atom is -0.494 e. The van der Waals surface area contributed by atoms with Gasteiger partial charge >= 0.3 is 0 Å². The number of furan rings is 1. The Morgan fingerprint density at radius 2 is 1.93 bits per heavy atom. The lowest BCUT2D eigenvalue weighted by Gasteiger charge is -2.29. The number of benzene rings is 1. The number of hydrogen-bond donors (Lipinski definition) is 3. The summed E-state index contributed by atoms with van der Waals surface area (Å²) in [6.07, 6.45) is 1.37. The SMILES string of the molecule is CCOc1ccc(NC(=O)c2oc3c(c2C)/C(=N\N=C(N)N)CC(C)(C)C3)cc1. The molecule has 154 valence electrons. The molecule has 0 aliphatic heterocycles. The quantitative estimate of drug-likeness (QED) is 0.405. The van der Waals surface area contributed by atoms with Gasteiger partial charge in [0.2, 0.25) is 5.96 Å². The molecule has 0 bridgehead atoms. The van der Waals surface area contributed by atoms with Crippen LogP contribution in [-0.4, -0.2) is 24.2 Å². The van der Waals surface area contributed by atoms with E-state index in [2.05, 4.69) is 29.4 Å². The molecule has 1 aromatic heterocycles. The van der Waals surface area contributed by atoms with Crippen molar-refractivity contribution in [3.63, 3.8) is 0 Å². The van der Waals surface area contributed by atoms with Crippen LogP contribution in [0.4, 0.5) is 5.69 Å². The summed E-state index contributed by atoms with van der Waals surface area (Å²) in [6, 6.07) is 7.19. The lowest BCUT2D eigenvalue weighted by Crippen LogP contribution is -2.27. The fourth-order valence-electron chi connectivity index (χ4n) is 3.52. The van der Waals surface area contributed by atoms with E-state index in [-0.39, 0.29) is 23.0 Å². The van der Waals surface area contributed by atoms with Crippen LogP contribution >= 0.6 is 0 Å². The maximum Gasteiger partial charge on any atom is 0.291 e. The molecule has 0 saturated carbocycles. The molecule has 29 heavy (non-hydrogen) atoms. The van der Waals surface area contributed by atoms with Crippen molar-refractivity contribution in [2.45, 2.75) is 40.5 Å². The summed E-state index contributed by atoms with van der Waals surface area (Å²) in [6.45, 7) is 8.57. The van der Waals surface area contributed by atoms with Gasteiger partial charge in [-0.25, -0.2) is 0 Å². The van der Waals surface area contributed by atoms with Crippen LogP contribution in [0, 0.1) is 12.3 Å². The predicted octanol–water partition coefficient (Wildman–Crippen LogP) is 3.19. The molecular formula is C21H27N5O3. The number of nitrogens with two attached hydrogens (primary N) is 2. The summed E-state index contributed by atoms with van der Waals surface area (Å²) in [5.74, 6) is 1.30. The highest BCUT2D eigenvalue weighted by atomic mass is 16.5. The Balaban J connectivity index is 1.91. The van der Waals surface area contributed by atoms with Gasteiger partial charge in [-0.05, 0) is 49.9 Å². The van der Waals surface area contributed by atoms with Gasteiger partial charge < -0.3 is 25.9 Å². The highest BCUT2D eigenvalue weighted by Crippen LogP contribution is 2.39. The van der Waals surface area contributed by atoms with Crippen LogP contribution in [0.15, 0.2) is 38.9 Å². The second kappa shape index (κ2) is 7.98. The molecule has 0 unspecified atom stereocenters. The van der Waals surface area contributed by atoms with Crippen molar-refractivity contribution in [3.05, 3.63) is 46.9 Å². The monoisotopic (exact) mass is 397 g/mol. The Morgan fingerprint density at radius 3 is 2.55 bits per heavy atom. The van der Waals surface area contributed by atoms with Gasteiger partial charge in [0.15, 0.2) is 5.76 Å². The molecular weight excluding hydrogens is 370 g/mol. The minimum atomic E-state index is -0.319. The molecule has 5 N–H and O–H groups in total. The van der Waals surface area contributed by atoms with E-state index in [0.29, 0.717) is 30.8 Å². The lowest BCUT2D eigenvalue weighted by atomic mass is 9.75. The number of carbonyl (C=O) groups is 1. The van der Waals surface area contributed by atoms with Crippen LogP contribution < -0.4 is 21.5 Å². The van der Waals surface area contributed by atoms with Crippen molar-refractivity contribution < 1.29 is 13.9 Å². The summed E-state index contributed by atoms with van der Waals surface area (Å²) >= 11 is 0. The molecule has 1 aromatic carbocycles. The number of carbonyl (C=O) groups excluding carboxylic acids is 1. The Bertz CT molecular complexity index is 967. The largest absolute Gasteiger partial charge is 0.494 e. The van der Waals surface area contributed by atoms with Crippen molar-refractivity contribution >= 4 is 23.3 Å². The smallest absolute Gasteiger partial charge is 0.291 e. The number of amides is 1. The number of nitrogens with zero attached hydrogens (tertiary/aromatic N) is 2. The van der Waals surface area contributed by atoms with Crippen molar-refractivity contribution in [1.29, 1.82) is 0 Å². The van der Waals surface area contributed by atoms with Crippen molar-refractivity contribution in [2.75, 3.05) is 11.9 Å². The molecule has 0 radical (unpaired) electrons. The third kappa shape index (κ3) is 4.59. The second-order valence-electron chi connectivity index (χ2n) is 7.86. The van der Waals surface area contributed by atoms with Crippen LogP contribution in [0.3, 0.4) is 0 Å². The molecule has 3 rings (SSSR count). The summed E-state index contributed by atoms with van der Waals surface area (Å²) in [7, 11) is 0. The zero-order valence-electron chi connectivity index (χ0n) is 17.2. The van der Waals surface area contributed by atoms with Gasteiger partial charge in [0, 0.05) is 23.2 Å². The zero-order valence-corrected chi connectivity index (χ0v) is 17.2. The Morgan fingerprint density at radius 1 is 1.24 bits per heavy atom. The van der Waals surface area contributed by atoms with Gasteiger partial charge in [-0.1, -0.05) is 13.8 Å². The van der Waals surface area contributed by atoms with Crippen molar-refractivity contribution in [1.82, 2.24) is 0 Å². The molecule has 8 heteroatoms. The molecule has 2 aromatic rings. The number of ether oxygens (including phenoxy) is 1. The van der Waals surface area contributed by atoms with E-state index in [1.54, 1.807) is 12.1 Å². The molecule has 1 amide bonds. The standard InChI is InChI=1S/C21H27N5O3/c1-5-28-14-8-6-13(7-9-14)24-19(27)18-12(2)17-15(25-26-20(22)23)10-21(3,4)11-16(17)29-18/h6-9H,5,10-11H2,1-4H3,(H,24,27)(H4,22,23,26)/b25-15-. The summed E-state index contributed by atoms with van der Waals surface area (Å²) < 4.78 is 11.4. The highest BCUT2D eigenvalue weighted by molar-refractivity contribution is 6.09. The van der Waals surface area contributed by atoms with E-state index in [9.17, 15) is 4.79 Å². The average molecular weight is 397 g/mol. The van der Waals surface area contributed by atoms with Gasteiger partial charge in [0.25, 0.3) is 5.91 Å². The predicted molar refractivity (Wildman–Crippen MR) is 113 cm³/mol. The molecule has 1 heterocycles. The van der Waals surface area contributed by atoms with Crippen LogP contribution in [0.1, 0.15) is 54.6 Å². The number of hydrogen-bond acceptors (Lipinski definition) is 5. The maximum atomic E-state index is 12.9. The lowest BCUT2D eigenvalue weighted by molar-refractivity contribution is 0.0993. The fraction of sp³-hybridized carbons (Fsp3) is 0.381. The first-order valence-electron chi connectivity index (χ1n) is 9.52. The first-order valence-corrected chi connectivity index (χ1v) is 9.52. The number of guanidine groups is 1. The normalized spacial score (nSPS) is 16.2. The molecule has 0 spiro atoms. The maximum absolute atomic E-state index is 12.9. The van der Waals surface area contributed by atoms with Gasteiger partial charge in [-0.3, -0.25) is 4.79 Å². The Hall–Kier alpha value is -3.29. The van der Waals surface area contributed by atoms with Gasteiger partial charge in [0.05, 0.1) is 12.3 Å². The third-order valence-electron chi connectivity index (χ3n) is 4.71. The molecule has 1 aliphatic rings. The molecule has 8 nitrogen and oxygen atoms in total. The second-order valence-corrected chi connectivity index (χ2v) is 7.86. The minimum absolute atomic E-state index is 0.0855. The van der Waals surface area contributed by atoms with Crippen LogP contribution in [0.2, 0.25) is 0 Å². The van der Waals surface area contributed by atoms with E-state index in [0.717, 1.165) is 22.6 Å². The highest BCUT2D eigenvalue weighted by Gasteiger charge is 2.36. The molecule has 0 fully saturated rings. The van der Waals surface area contributed by atoms with Crippen LogP contribution in [0.25, 0.3) is 0 Å². The molecule has 0 atom stereocenters. The van der Waals surface area contributed by atoms with E-state index in [1.165, 1.54) is 0 Å². The summed E-state index contributed by atoms with van der Waals surface area (Å²) in [4.78, 5) is 12.9. The fourth-order valence-corrected chi connectivity index (χ4v) is 3.52. The summed E-state index contributed by atoms with van der Waals surface area (Å²) in [5, 5.41) is 10.9. The van der Waals surface area contributed by atoms with E-state index in [4.69, 9.17) is 20.6 Å².